The quantitative estimate of drug-likeness (QED) is 0.797. The van der Waals surface area contributed by atoms with E-state index < -0.39 is 0 Å². The highest BCUT2D eigenvalue weighted by molar-refractivity contribution is 5.93. The van der Waals surface area contributed by atoms with Crippen LogP contribution in [0.15, 0.2) is 47.2 Å². The van der Waals surface area contributed by atoms with E-state index in [4.69, 9.17) is 10.2 Å². The minimum absolute atomic E-state index is 0.474. The van der Waals surface area contributed by atoms with Gasteiger partial charge in [0, 0.05) is 42.8 Å². The molecule has 0 fully saturated rings. The van der Waals surface area contributed by atoms with Gasteiger partial charge in [-0.05, 0) is 19.1 Å². The first-order valence-electron chi connectivity index (χ1n) is 7.01. The van der Waals surface area contributed by atoms with E-state index in [2.05, 4.69) is 23.0 Å². The van der Waals surface area contributed by atoms with Gasteiger partial charge in [-0.3, -0.25) is 4.98 Å². The maximum absolute atomic E-state index is 5.90. The van der Waals surface area contributed by atoms with Gasteiger partial charge in [0.15, 0.2) is 0 Å². The number of hydrogen-bond acceptors (Lipinski definition) is 4. The number of aromatic nitrogens is 1. The van der Waals surface area contributed by atoms with Crippen LogP contribution in [-0.4, -0.2) is 12.0 Å². The predicted octanol–water partition coefficient (Wildman–Crippen LogP) is 3.23. The number of hydrogen-bond donors (Lipinski definition) is 1. The van der Waals surface area contributed by atoms with E-state index in [1.807, 2.05) is 37.4 Å². The molecule has 0 unspecified atom stereocenters. The molecule has 3 aromatic rings. The zero-order chi connectivity index (χ0) is 14.8. The zero-order valence-corrected chi connectivity index (χ0v) is 12.3. The van der Waals surface area contributed by atoms with E-state index in [1.54, 1.807) is 6.26 Å². The lowest BCUT2D eigenvalue weighted by atomic mass is 10.1. The van der Waals surface area contributed by atoms with Crippen molar-refractivity contribution in [3.05, 3.63) is 59.7 Å². The number of nitrogens with zero attached hydrogens (tertiary/aromatic N) is 2. The number of para-hydroxylation sites is 1. The summed E-state index contributed by atoms with van der Waals surface area (Å²) in [6.07, 6.45) is 3.60. The smallest absolute Gasteiger partial charge is 0.105 e. The highest BCUT2D eigenvalue weighted by Crippen LogP contribution is 2.30. The summed E-state index contributed by atoms with van der Waals surface area (Å²) in [4.78, 5) is 6.70. The van der Waals surface area contributed by atoms with E-state index in [0.29, 0.717) is 6.54 Å². The van der Waals surface area contributed by atoms with Crippen LogP contribution in [0.2, 0.25) is 0 Å². The van der Waals surface area contributed by atoms with Crippen LogP contribution in [0.4, 0.5) is 5.69 Å². The van der Waals surface area contributed by atoms with Crippen molar-refractivity contribution in [2.75, 3.05) is 11.9 Å². The molecule has 4 heteroatoms. The van der Waals surface area contributed by atoms with Crippen LogP contribution in [0, 0.1) is 6.92 Å². The fourth-order valence-corrected chi connectivity index (χ4v) is 2.68. The summed E-state index contributed by atoms with van der Waals surface area (Å²) in [7, 11) is 2.08. The molecule has 0 atom stereocenters. The monoisotopic (exact) mass is 281 g/mol. The fraction of sp³-hybridized carbons (Fsp3) is 0.235. The first-order valence-corrected chi connectivity index (χ1v) is 7.01. The van der Waals surface area contributed by atoms with Crippen molar-refractivity contribution in [3.63, 3.8) is 0 Å². The Balaban J connectivity index is 2.07. The Kier molecular flexibility index (Phi) is 3.62. The van der Waals surface area contributed by atoms with Crippen molar-refractivity contribution in [2.24, 2.45) is 5.73 Å². The second-order valence-electron chi connectivity index (χ2n) is 5.21. The van der Waals surface area contributed by atoms with Crippen LogP contribution in [0.5, 0.6) is 0 Å². The lowest BCUT2D eigenvalue weighted by Gasteiger charge is -2.23. The molecule has 0 spiro atoms. The van der Waals surface area contributed by atoms with Gasteiger partial charge < -0.3 is 15.1 Å². The van der Waals surface area contributed by atoms with Crippen molar-refractivity contribution < 1.29 is 4.42 Å². The van der Waals surface area contributed by atoms with Crippen molar-refractivity contribution in [2.45, 2.75) is 20.0 Å². The summed E-state index contributed by atoms with van der Waals surface area (Å²) in [6, 6.07) is 10.2. The van der Waals surface area contributed by atoms with Gasteiger partial charge in [0.2, 0.25) is 0 Å². The number of furan rings is 1. The highest BCUT2D eigenvalue weighted by atomic mass is 16.3. The Morgan fingerprint density at radius 1 is 1.19 bits per heavy atom. The van der Waals surface area contributed by atoms with Crippen LogP contribution >= 0.6 is 0 Å². The van der Waals surface area contributed by atoms with Crippen molar-refractivity contribution in [1.29, 1.82) is 0 Å². The molecule has 3 rings (SSSR count). The molecule has 0 aliphatic heterocycles. The molecule has 0 aliphatic rings. The summed E-state index contributed by atoms with van der Waals surface area (Å²) in [5.41, 5.74) is 10.3. The summed E-state index contributed by atoms with van der Waals surface area (Å²) >= 11 is 0. The predicted molar refractivity (Wildman–Crippen MR) is 85.2 cm³/mol. The van der Waals surface area contributed by atoms with Crippen LogP contribution in [0.1, 0.15) is 16.9 Å². The number of fused-ring (bicyclic) bond motifs is 1. The second kappa shape index (κ2) is 5.58. The number of aryl methyl sites for hydroxylation is 1. The van der Waals surface area contributed by atoms with Gasteiger partial charge in [0.25, 0.3) is 0 Å². The number of benzene rings is 1. The van der Waals surface area contributed by atoms with E-state index in [9.17, 15) is 0 Å². The number of pyridine rings is 1. The molecule has 1 aromatic carbocycles. The molecule has 2 N–H and O–H groups in total. The molecule has 0 saturated heterocycles. The summed E-state index contributed by atoms with van der Waals surface area (Å²) in [5, 5.41) is 1.13. The average molecular weight is 281 g/mol. The standard InChI is InChI=1S/C17H19N3O/c1-12-13(7-8-21-12)11-20(2)17-14(9-18)10-19-16-6-4-3-5-15(16)17/h3-8,10H,9,11,18H2,1-2H3. The third-order valence-electron chi connectivity index (χ3n) is 3.80. The molecule has 21 heavy (non-hydrogen) atoms. The topological polar surface area (TPSA) is 55.3 Å². The maximum Gasteiger partial charge on any atom is 0.105 e. The lowest BCUT2D eigenvalue weighted by molar-refractivity contribution is 0.529. The summed E-state index contributed by atoms with van der Waals surface area (Å²) in [5.74, 6) is 0.953. The number of anilines is 1. The molecule has 0 saturated carbocycles. The molecular weight excluding hydrogens is 262 g/mol. The Hall–Kier alpha value is -2.33. The fourth-order valence-electron chi connectivity index (χ4n) is 2.68. The van der Waals surface area contributed by atoms with E-state index in [1.165, 1.54) is 5.56 Å². The highest BCUT2D eigenvalue weighted by Gasteiger charge is 2.14. The Labute approximate surface area is 124 Å². The first-order chi connectivity index (χ1) is 10.2. The Morgan fingerprint density at radius 3 is 2.71 bits per heavy atom. The van der Waals surface area contributed by atoms with Crippen molar-refractivity contribution >= 4 is 16.6 Å². The summed E-state index contributed by atoms with van der Waals surface area (Å²) < 4.78 is 5.38. The van der Waals surface area contributed by atoms with Gasteiger partial charge in [0.05, 0.1) is 17.5 Å². The van der Waals surface area contributed by atoms with Gasteiger partial charge in [-0.25, -0.2) is 0 Å². The third kappa shape index (κ3) is 2.50. The van der Waals surface area contributed by atoms with E-state index >= 15 is 0 Å². The van der Waals surface area contributed by atoms with Crippen LogP contribution in [0.3, 0.4) is 0 Å². The molecule has 2 aromatic heterocycles. The van der Waals surface area contributed by atoms with Crippen molar-refractivity contribution in [1.82, 2.24) is 4.98 Å². The normalized spacial score (nSPS) is 11.0. The number of nitrogens with two attached hydrogens (primary N) is 1. The van der Waals surface area contributed by atoms with E-state index in [0.717, 1.165) is 34.5 Å². The largest absolute Gasteiger partial charge is 0.469 e. The number of rotatable bonds is 4. The first kappa shape index (κ1) is 13.6. The zero-order valence-electron chi connectivity index (χ0n) is 12.3. The van der Waals surface area contributed by atoms with Crippen LogP contribution in [-0.2, 0) is 13.1 Å². The molecule has 4 nitrogen and oxygen atoms in total. The lowest BCUT2D eigenvalue weighted by Crippen LogP contribution is -2.19. The maximum atomic E-state index is 5.90. The van der Waals surface area contributed by atoms with Gasteiger partial charge in [-0.15, -0.1) is 0 Å². The SMILES string of the molecule is Cc1occc1CN(C)c1c(CN)cnc2ccccc12. The molecule has 0 bridgehead atoms. The molecule has 0 amide bonds. The van der Waals surface area contributed by atoms with Gasteiger partial charge >= 0.3 is 0 Å². The van der Waals surface area contributed by atoms with Crippen LogP contribution < -0.4 is 10.6 Å². The molecule has 0 radical (unpaired) electrons. The minimum atomic E-state index is 0.474. The van der Waals surface area contributed by atoms with Crippen LogP contribution in [0.25, 0.3) is 10.9 Å². The third-order valence-corrected chi connectivity index (χ3v) is 3.80. The summed E-state index contributed by atoms with van der Waals surface area (Å²) in [6.45, 7) is 3.24. The average Bonchev–Trinajstić information content (AvgIpc) is 2.91. The Morgan fingerprint density at radius 2 is 2.00 bits per heavy atom. The molecule has 2 heterocycles. The van der Waals surface area contributed by atoms with Gasteiger partial charge in [-0.1, -0.05) is 18.2 Å². The van der Waals surface area contributed by atoms with Gasteiger partial charge in [-0.2, -0.15) is 0 Å². The van der Waals surface area contributed by atoms with E-state index in [-0.39, 0.29) is 0 Å². The molecular formula is C17H19N3O. The minimum Gasteiger partial charge on any atom is -0.469 e. The second-order valence-corrected chi connectivity index (χ2v) is 5.21. The van der Waals surface area contributed by atoms with Gasteiger partial charge in [0.1, 0.15) is 5.76 Å². The molecule has 108 valence electrons. The Bertz CT molecular complexity index is 764. The van der Waals surface area contributed by atoms with Crippen molar-refractivity contribution in [3.8, 4) is 0 Å². The molecule has 0 aliphatic carbocycles.